The number of aryl methyl sites for hydroxylation is 1. The van der Waals surface area contributed by atoms with Crippen LogP contribution in [0.4, 0.5) is 10.1 Å². The molecule has 8 heteroatoms. The summed E-state index contributed by atoms with van der Waals surface area (Å²) in [5.74, 6) is -1.02. The maximum Gasteiger partial charge on any atom is 0.243 e. The molecule has 0 aliphatic carbocycles. The Morgan fingerprint density at radius 2 is 2.14 bits per heavy atom. The lowest BCUT2D eigenvalue weighted by Gasteiger charge is -2.10. The second-order valence-electron chi connectivity index (χ2n) is 4.43. The van der Waals surface area contributed by atoms with E-state index in [4.69, 9.17) is 17.3 Å². The van der Waals surface area contributed by atoms with Gasteiger partial charge in [-0.1, -0.05) is 11.6 Å². The molecule has 21 heavy (non-hydrogen) atoms. The molecule has 0 saturated carbocycles. The van der Waals surface area contributed by atoms with E-state index in [9.17, 15) is 12.8 Å². The Labute approximate surface area is 127 Å². The average Bonchev–Trinajstić information content (AvgIpc) is 2.42. The number of rotatable bonds is 4. The summed E-state index contributed by atoms with van der Waals surface area (Å²) >= 11 is 5.72. The third-order valence-corrected chi connectivity index (χ3v) is 4.54. The summed E-state index contributed by atoms with van der Waals surface area (Å²) in [6.07, 6.45) is 3.14. The highest BCUT2D eigenvalue weighted by molar-refractivity contribution is 7.89. The van der Waals surface area contributed by atoms with Gasteiger partial charge in [0.2, 0.25) is 10.0 Å². The van der Waals surface area contributed by atoms with E-state index < -0.39 is 20.7 Å². The van der Waals surface area contributed by atoms with Crippen molar-refractivity contribution in [2.75, 3.05) is 5.73 Å². The fraction of sp³-hybridized carbons (Fsp3) is 0.154. The highest BCUT2D eigenvalue weighted by atomic mass is 35.5. The van der Waals surface area contributed by atoms with Crippen LogP contribution in [0.3, 0.4) is 0 Å². The molecule has 1 aromatic heterocycles. The molecule has 2 aromatic rings. The Hall–Kier alpha value is -1.70. The highest BCUT2D eigenvalue weighted by Crippen LogP contribution is 2.25. The fourth-order valence-corrected chi connectivity index (χ4v) is 3.14. The third-order valence-electron chi connectivity index (χ3n) is 2.92. The van der Waals surface area contributed by atoms with Crippen molar-refractivity contribution in [1.29, 1.82) is 0 Å². The molecule has 0 amide bonds. The number of hydrogen-bond donors (Lipinski definition) is 2. The van der Waals surface area contributed by atoms with Crippen LogP contribution in [0, 0.1) is 12.7 Å². The molecule has 0 bridgehead atoms. The van der Waals surface area contributed by atoms with Crippen LogP contribution in [-0.4, -0.2) is 13.4 Å². The number of nitrogens with one attached hydrogen (secondary N) is 1. The largest absolute Gasteiger partial charge is 0.396 e. The molecule has 0 atom stereocenters. The van der Waals surface area contributed by atoms with Crippen LogP contribution in [0.25, 0.3) is 0 Å². The summed E-state index contributed by atoms with van der Waals surface area (Å²) < 4.78 is 40.5. The zero-order valence-electron chi connectivity index (χ0n) is 11.1. The van der Waals surface area contributed by atoms with E-state index in [1.807, 2.05) is 6.92 Å². The molecule has 0 spiro atoms. The van der Waals surface area contributed by atoms with Crippen LogP contribution in [0.2, 0.25) is 5.02 Å². The smallest absolute Gasteiger partial charge is 0.243 e. The predicted octanol–water partition coefficient (Wildman–Crippen LogP) is 2.24. The fourth-order valence-electron chi connectivity index (χ4n) is 1.71. The number of nitrogens with zero attached hydrogens (tertiary/aromatic N) is 1. The van der Waals surface area contributed by atoms with Gasteiger partial charge in [-0.2, -0.15) is 0 Å². The SMILES string of the molecule is Cc1ccncc1CNS(=O)(=O)c1cc(Cl)cc(N)c1F. The molecule has 0 unspecified atom stereocenters. The van der Waals surface area contributed by atoms with E-state index in [0.29, 0.717) is 5.56 Å². The van der Waals surface area contributed by atoms with Crippen molar-refractivity contribution < 1.29 is 12.8 Å². The molecule has 0 saturated heterocycles. The van der Waals surface area contributed by atoms with Gasteiger partial charge in [-0.25, -0.2) is 17.5 Å². The molecule has 3 N–H and O–H groups in total. The van der Waals surface area contributed by atoms with E-state index in [0.717, 1.165) is 17.7 Å². The molecule has 2 rings (SSSR count). The van der Waals surface area contributed by atoms with Gasteiger partial charge in [0.1, 0.15) is 4.90 Å². The minimum absolute atomic E-state index is 0.00609. The van der Waals surface area contributed by atoms with Crippen molar-refractivity contribution in [2.45, 2.75) is 18.4 Å². The van der Waals surface area contributed by atoms with E-state index in [-0.39, 0.29) is 17.3 Å². The van der Waals surface area contributed by atoms with Crippen molar-refractivity contribution in [3.05, 3.63) is 52.6 Å². The molecule has 0 aliphatic rings. The Bertz CT molecular complexity index is 781. The maximum absolute atomic E-state index is 13.9. The first kappa shape index (κ1) is 15.7. The molecular formula is C13H13ClFN3O2S. The van der Waals surface area contributed by atoms with Crippen LogP contribution >= 0.6 is 11.6 Å². The Balaban J connectivity index is 2.30. The Morgan fingerprint density at radius 3 is 2.81 bits per heavy atom. The lowest BCUT2D eigenvalue weighted by Crippen LogP contribution is -2.25. The number of benzene rings is 1. The quantitative estimate of drug-likeness (QED) is 0.842. The van der Waals surface area contributed by atoms with Crippen molar-refractivity contribution in [1.82, 2.24) is 9.71 Å². The molecule has 1 heterocycles. The number of nitrogen functional groups attached to an aromatic ring is 1. The molecule has 0 radical (unpaired) electrons. The van der Waals surface area contributed by atoms with Crippen LogP contribution in [-0.2, 0) is 16.6 Å². The average molecular weight is 330 g/mol. The number of anilines is 1. The minimum Gasteiger partial charge on any atom is -0.396 e. The lowest BCUT2D eigenvalue weighted by atomic mass is 10.2. The summed E-state index contributed by atoms with van der Waals surface area (Å²) in [4.78, 5) is 3.34. The third kappa shape index (κ3) is 3.49. The number of hydrogen-bond acceptors (Lipinski definition) is 4. The van der Waals surface area contributed by atoms with Crippen LogP contribution < -0.4 is 10.5 Å². The van der Waals surface area contributed by atoms with Crippen molar-refractivity contribution in [3.63, 3.8) is 0 Å². The van der Waals surface area contributed by atoms with Gasteiger partial charge in [0.25, 0.3) is 0 Å². The molecule has 0 aliphatic heterocycles. The minimum atomic E-state index is -4.07. The molecule has 0 fully saturated rings. The van der Waals surface area contributed by atoms with Gasteiger partial charge in [0, 0.05) is 24.0 Å². The van der Waals surface area contributed by atoms with Gasteiger partial charge in [-0.3, -0.25) is 4.98 Å². The van der Waals surface area contributed by atoms with Gasteiger partial charge >= 0.3 is 0 Å². The van der Waals surface area contributed by atoms with Crippen LogP contribution in [0.15, 0.2) is 35.5 Å². The highest BCUT2D eigenvalue weighted by Gasteiger charge is 2.21. The number of nitrogens with two attached hydrogens (primary N) is 1. The first-order valence-corrected chi connectivity index (χ1v) is 7.81. The first-order chi connectivity index (χ1) is 9.81. The number of sulfonamides is 1. The van der Waals surface area contributed by atoms with Gasteiger partial charge in [-0.15, -0.1) is 0 Å². The van der Waals surface area contributed by atoms with Crippen LogP contribution in [0.1, 0.15) is 11.1 Å². The number of halogens is 2. The Morgan fingerprint density at radius 1 is 1.43 bits per heavy atom. The van der Waals surface area contributed by atoms with E-state index in [1.165, 1.54) is 0 Å². The zero-order valence-corrected chi connectivity index (χ0v) is 12.7. The van der Waals surface area contributed by atoms with Crippen molar-refractivity contribution in [3.8, 4) is 0 Å². The number of pyridine rings is 1. The summed E-state index contributed by atoms with van der Waals surface area (Å²) in [6, 6.07) is 3.93. The van der Waals surface area contributed by atoms with Crippen molar-refractivity contribution in [2.24, 2.45) is 0 Å². The summed E-state index contributed by atoms with van der Waals surface area (Å²) in [6.45, 7) is 1.82. The summed E-state index contributed by atoms with van der Waals surface area (Å²) in [5, 5.41) is 0.0480. The molecular weight excluding hydrogens is 317 g/mol. The van der Waals surface area contributed by atoms with Crippen LogP contribution in [0.5, 0.6) is 0 Å². The monoisotopic (exact) mass is 329 g/mol. The molecule has 1 aromatic carbocycles. The standard InChI is InChI=1S/C13H13ClFN3O2S/c1-8-2-3-17-6-9(8)7-18-21(19,20)12-5-10(14)4-11(16)13(12)15/h2-6,18H,7,16H2,1H3. The zero-order chi connectivity index (χ0) is 15.6. The normalized spacial score (nSPS) is 11.6. The molecule has 112 valence electrons. The maximum atomic E-state index is 13.9. The summed E-state index contributed by atoms with van der Waals surface area (Å²) in [7, 11) is -4.07. The summed E-state index contributed by atoms with van der Waals surface area (Å²) in [5.41, 5.74) is 6.63. The van der Waals surface area contributed by atoms with Gasteiger partial charge in [0.15, 0.2) is 5.82 Å². The lowest BCUT2D eigenvalue weighted by molar-refractivity contribution is 0.558. The van der Waals surface area contributed by atoms with E-state index in [2.05, 4.69) is 9.71 Å². The van der Waals surface area contributed by atoms with Crippen molar-refractivity contribution >= 4 is 27.3 Å². The predicted molar refractivity (Wildman–Crippen MR) is 78.8 cm³/mol. The van der Waals surface area contributed by atoms with E-state index in [1.54, 1.807) is 18.5 Å². The van der Waals surface area contributed by atoms with Gasteiger partial charge in [-0.05, 0) is 36.2 Å². The van der Waals surface area contributed by atoms with Gasteiger partial charge < -0.3 is 5.73 Å². The van der Waals surface area contributed by atoms with Gasteiger partial charge in [0.05, 0.1) is 5.69 Å². The Kier molecular flexibility index (Phi) is 4.46. The molecule has 5 nitrogen and oxygen atoms in total. The van der Waals surface area contributed by atoms with E-state index >= 15 is 0 Å². The second-order valence-corrected chi connectivity index (χ2v) is 6.61. The number of aromatic nitrogens is 1. The topological polar surface area (TPSA) is 85.1 Å². The second kappa shape index (κ2) is 5.97. The first-order valence-electron chi connectivity index (χ1n) is 5.95.